The molecule has 1 aliphatic carbocycles. The number of carboxylic acid groups (broad SMARTS) is 1. The second-order valence-electron chi connectivity index (χ2n) is 3.64. The van der Waals surface area contributed by atoms with Gasteiger partial charge in [0.2, 0.25) is 0 Å². The van der Waals surface area contributed by atoms with E-state index >= 15 is 0 Å². The molecule has 0 saturated heterocycles. The van der Waals surface area contributed by atoms with Gasteiger partial charge in [-0.05, 0) is 18.4 Å². The zero-order chi connectivity index (χ0) is 8.97. The highest BCUT2D eigenvalue weighted by molar-refractivity contribution is 5.67. The molecule has 12 heavy (non-hydrogen) atoms. The van der Waals surface area contributed by atoms with Crippen LogP contribution >= 0.6 is 0 Å². The van der Waals surface area contributed by atoms with Gasteiger partial charge in [0.15, 0.2) is 0 Å². The first-order chi connectivity index (χ1) is 5.74. The molecule has 1 saturated carbocycles. The number of hydrogen-bond donors (Lipinski definition) is 2. The third-order valence-corrected chi connectivity index (χ3v) is 2.81. The Balaban J connectivity index is 2.37. The average Bonchev–Trinajstić information content (AvgIpc) is 2.51. The van der Waals surface area contributed by atoms with Crippen molar-refractivity contribution in [2.24, 2.45) is 17.6 Å². The number of hydrogen-bond acceptors (Lipinski definition) is 2. The van der Waals surface area contributed by atoms with Crippen LogP contribution in [0.2, 0.25) is 0 Å². The van der Waals surface area contributed by atoms with Crippen LogP contribution in [0.1, 0.15) is 32.1 Å². The van der Waals surface area contributed by atoms with E-state index in [9.17, 15) is 4.79 Å². The summed E-state index contributed by atoms with van der Waals surface area (Å²) in [5.41, 5.74) is 5.54. The van der Waals surface area contributed by atoms with Crippen molar-refractivity contribution < 1.29 is 9.90 Å². The van der Waals surface area contributed by atoms with Crippen molar-refractivity contribution in [1.29, 1.82) is 0 Å². The highest BCUT2D eigenvalue weighted by Gasteiger charge is 2.25. The van der Waals surface area contributed by atoms with Crippen molar-refractivity contribution in [3.63, 3.8) is 0 Å². The summed E-state index contributed by atoms with van der Waals surface area (Å²) in [6.07, 6.45) is 5.10. The Labute approximate surface area is 72.9 Å². The number of aliphatic carboxylic acids is 1. The molecule has 0 spiro atoms. The van der Waals surface area contributed by atoms with Crippen molar-refractivity contribution in [2.45, 2.75) is 32.1 Å². The number of nitrogens with two attached hydrogens (primary N) is 1. The molecular formula is C9H17NO2. The molecule has 0 aliphatic heterocycles. The molecule has 1 aliphatic rings. The third kappa shape index (κ3) is 2.48. The molecule has 1 fully saturated rings. The largest absolute Gasteiger partial charge is 0.481 e. The molecule has 1 rings (SSSR count). The Morgan fingerprint density at radius 3 is 2.50 bits per heavy atom. The molecule has 3 N–H and O–H groups in total. The molecule has 0 aromatic rings. The summed E-state index contributed by atoms with van der Waals surface area (Å²) < 4.78 is 0. The van der Waals surface area contributed by atoms with Crippen LogP contribution < -0.4 is 5.73 Å². The van der Waals surface area contributed by atoms with Gasteiger partial charge >= 0.3 is 5.97 Å². The minimum atomic E-state index is -0.711. The fraction of sp³-hybridized carbons (Fsp3) is 0.889. The topological polar surface area (TPSA) is 63.3 Å². The molecule has 70 valence electrons. The third-order valence-electron chi connectivity index (χ3n) is 2.81. The van der Waals surface area contributed by atoms with E-state index in [0.717, 1.165) is 0 Å². The molecule has 1 unspecified atom stereocenters. The summed E-state index contributed by atoms with van der Waals surface area (Å²) in [6.45, 7) is 0.525. The average molecular weight is 171 g/mol. The maximum absolute atomic E-state index is 10.5. The van der Waals surface area contributed by atoms with Gasteiger partial charge in [-0.1, -0.05) is 25.7 Å². The SMILES string of the molecule is NCC(CC(=O)O)C1CCCC1. The Morgan fingerprint density at radius 1 is 1.50 bits per heavy atom. The van der Waals surface area contributed by atoms with Gasteiger partial charge in [-0.3, -0.25) is 4.79 Å². The maximum Gasteiger partial charge on any atom is 0.303 e. The zero-order valence-corrected chi connectivity index (χ0v) is 7.33. The molecule has 0 aromatic heterocycles. The summed E-state index contributed by atoms with van der Waals surface area (Å²) in [6, 6.07) is 0. The fourth-order valence-electron chi connectivity index (χ4n) is 2.10. The quantitative estimate of drug-likeness (QED) is 0.668. The molecule has 0 radical (unpaired) electrons. The normalized spacial score (nSPS) is 21.1. The molecular weight excluding hydrogens is 154 g/mol. The predicted molar refractivity (Wildman–Crippen MR) is 46.8 cm³/mol. The van der Waals surface area contributed by atoms with E-state index in [1.54, 1.807) is 0 Å². The van der Waals surface area contributed by atoms with Crippen LogP contribution in [-0.2, 0) is 4.79 Å². The highest BCUT2D eigenvalue weighted by atomic mass is 16.4. The van der Waals surface area contributed by atoms with Crippen molar-refractivity contribution in [3.05, 3.63) is 0 Å². The Hall–Kier alpha value is -0.570. The second-order valence-corrected chi connectivity index (χ2v) is 3.64. The zero-order valence-electron chi connectivity index (χ0n) is 7.33. The predicted octanol–water partition coefficient (Wildman–Crippen LogP) is 1.23. The summed E-state index contributed by atoms with van der Waals surface area (Å²) in [5, 5.41) is 8.62. The van der Waals surface area contributed by atoms with E-state index < -0.39 is 5.97 Å². The molecule has 0 aromatic carbocycles. The van der Waals surface area contributed by atoms with E-state index in [-0.39, 0.29) is 12.3 Å². The Morgan fingerprint density at radius 2 is 2.08 bits per heavy atom. The van der Waals surface area contributed by atoms with Crippen LogP contribution in [0.15, 0.2) is 0 Å². The van der Waals surface area contributed by atoms with Crippen molar-refractivity contribution in [2.75, 3.05) is 6.54 Å². The van der Waals surface area contributed by atoms with E-state index in [4.69, 9.17) is 10.8 Å². The van der Waals surface area contributed by atoms with Gasteiger partial charge < -0.3 is 10.8 Å². The van der Waals surface area contributed by atoms with Crippen LogP contribution in [0.25, 0.3) is 0 Å². The van der Waals surface area contributed by atoms with Crippen molar-refractivity contribution in [1.82, 2.24) is 0 Å². The number of rotatable bonds is 4. The summed E-state index contributed by atoms with van der Waals surface area (Å²) in [4.78, 5) is 10.5. The highest BCUT2D eigenvalue weighted by Crippen LogP contribution is 2.32. The van der Waals surface area contributed by atoms with E-state index in [1.165, 1.54) is 25.7 Å². The first-order valence-corrected chi connectivity index (χ1v) is 4.66. The van der Waals surface area contributed by atoms with Gasteiger partial charge in [-0.15, -0.1) is 0 Å². The molecule has 0 heterocycles. The smallest absolute Gasteiger partial charge is 0.303 e. The lowest BCUT2D eigenvalue weighted by molar-refractivity contribution is -0.138. The lowest BCUT2D eigenvalue weighted by Gasteiger charge is -2.19. The molecule has 0 bridgehead atoms. The molecule has 3 heteroatoms. The van der Waals surface area contributed by atoms with Crippen LogP contribution in [0.5, 0.6) is 0 Å². The van der Waals surface area contributed by atoms with Gasteiger partial charge in [-0.2, -0.15) is 0 Å². The summed E-state index contributed by atoms with van der Waals surface area (Å²) >= 11 is 0. The fourth-order valence-corrected chi connectivity index (χ4v) is 2.10. The first kappa shape index (κ1) is 9.52. The monoisotopic (exact) mass is 171 g/mol. The van der Waals surface area contributed by atoms with Gasteiger partial charge in [0.1, 0.15) is 0 Å². The number of carbonyl (C=O) groups is 1. The van der Waals surface area contributed by atoms with Gasteiger partial charge in [0.25, 0.3) is 0 Å². The first-order valence-electron chi connectivity index (χ1n) is 4.66. The van der Waals surface area contributed by atoms with Crippen LogP contribution in [0.3, 0.4) is 0 Å². The van der Waals surface area contributed by atoms with Gasteiger partial charge in [0.05, 0.1) is 0 Å². The van der Waals surface area contributed by atoms with Gasteiger partial charge in [0, 0.05) is 6.42 Å². The van der Waals surface area contributed by atoms with Crippen molar-refractivity contribution >= 4 is 5.97 Å². The maximum atomic E-state index is 10.5. The Kier molecular flexibility index (Phi) is 3.53. The standard InChI is InChI=1S/C9H17NO2/c10-6-8(5-9(11)12)7-3-1-2-4-7/h7-8H,1-6,10H2,(H,11,12). The second kappa shape index (κ2) is 4.45. The summed E-state index contributed by atoms with van der Waals surface area (Å²) in [5.74, 6) is 0.0773. The van der Waals surface area contributed by atoms with Crippen molar-refractivity contribution in [3.8, 4) is 0 Å². The minimum Gasteiger partial charge on any atom is -0.481 e. The van der Waals surface area contributed by atoms with E-state index in [1.807, 2.05) is 0 Å². The van der Waals surface area contributed by atoms with E-state index in [2.05, 4.69) is 0 Å². The van der Waals surface area contributed by atoms with E-state index in [0.29, 0.717) is 12.5 Å². The lowest BCUT2D eigenvalue weighted by Crippen LogP contribution is -2.24. The van der Waals surface area contributed by atoms with Crippen LogP contribution in [0, 0.1) is 11.8 Å². The van der Waals surface area contributed by atoms with Crippen LogP contribution in [0.4, 0.5) is 0 Å². The summed E-state index contributed by atoms with van der Waals surface area (Å²) in [7, 11) is 0. The number of carboxylic acids is 1. The molecule has 0 amide bonds. The Bertz CT molecular complexity index is 153. The van der Waals surface area contributed by atoms with Gasteiger partial charge in [-0.25, -0.2) is 0 Å². The minimum absolute atomic E-state index is 0.213. The molecule has 3 nitrogen and oxygen atoms in total. The van der Waals surface area contributed by atoms with Crippen LogP contribution in [-0.4, -0.2) is 17.6 Å². The lowest BCUT2D eigenvalue weighted by atomic mass is 9.88. The molecule has 1 atom stereocenters.